The molecule has 0 atom stereocenters. The van der Waals surface area contributed by atoms with Gasteiger partial charge in [0.1, 0.15) is 6.29 Å². The molecular weight excluding hydrogens is 442 g/mol. The molecule has 6 nitrogen and oxygen atoms in total. The molecule has 0 aliphatic carbocycles. The summed E-state index contributed by atoms with van der Waals surface area (Å²) in [6.45, 7) is 9.85. The molecule has 3 aliphatic heterocycles. The van der Waals surface area contributed by atoms with Crippen molar-refractivity contribution < 1.29 is 4.79 Å². The molecule has 3 aliphatic rings. The zero-order chi connectivity index (χ0) is 23.5. The van der Waals surface area contributed by atoms with E-state index < -0.39 is 0 Å². The fraction of sp³-hybridized carbons (Fsp3) is 0.444. The van der Waals surface area contributed by atoms with Crippen molar-refractivity contribution in [1.82, 2.24) is 14.7 Å². The van der Waals surface area contributed by atoms with Crippen LogP contribution in [0.2, 0.25) is 0 Å². The molecule has 4 heterocycles. The van der Waals surface area contributed by atoms with Crippen LogP contribution in [0.25, 0.3) is 5.70 Å². The zero-order valence-corrected chi connectivity index (χ0v) is 20.4. The molecule has 0 spiro atoms. The highest BCUT2D eigenvalue weighted by molar-refractivity contribution is 7.12. The summed E-state index contributed by atoms with van der Waals surface area (Å²) in [6.07, 6.45) is 6.59. The second-order valence-electron chi connectivity index (χ2n) is 9.45. The van der Waals surface area contributed by atoms with Gasteiger partial charge in [0.25, 0.3) is 0 Å². The van der Waals surface area contributed by atoms with Crippen LogP contribution in [0.5, 0.6) is 0 Å². The molecule has 2 aromatic rings. The minimum Gasteiger partial charge on any atom is -0.342 e. The molecule has 176 valence electrons. The summed E-state index contributed by atoms with van der Waals surface area (Å²) >= 11 is 1.71. The van der Waals surface area contributed by atoms with E-state index >= 15 is 0 Å². The van der Waals surface area contributed by atoms with E-state index in [-0.39, 0.29) is 5.92 Å². The number of thiophene rings is 1. The summed E-state index contributed by atoms with van der Waals surface area (Å²) in [4.78, 5) is 24.5. The van der Waals surface area contributed by atoms with Crippen LogP contribution in [0, 0.1) is 17.2 Å². The first kappa shape index (κ1) is 22.8. The first-order valence-electron chi connectivity index (χ1n) is 12.2. The highest BCUT2D eigenvalue weighted by atomic mass is 32.1. The van der Waals surface area contributed by atoms with Crippen LogP contribution in [0.15, 0.2) is 41.2 Å². The smallest absolute Gasteiger partial charge is 0.206 e. The van der Waals surface area contributed by atoms with Crippen molar-refractivity contribution >= 4 is 35.0 Å². The largest absolute Gasteiger partial charge is 0.342 e. The van der Waals surface area contributed by atoms with Gasteiger partial charge >= 0.3 is 0 Å². The molecule has 2 fully saturated rings. The van der Waals surface area contributed by atoms with Gasteiger partial charge in [-0.25, -0.2) is 4.99 Å². The van der Waals surface area contributed by atoms with Gasteiger partial charge in [0, 0.05) is 31.1 Å². The quantitative estimate of drug-likeness (QED) is 0.573. The van der Waals surface area contributed by atoms with E-state index in [1.54, 1.807) is 11.3 Å². The number of aldehydes is 1. The van der Waals surface area contributed by atoms with Crippen LogP contribution in [0.1, 0.15) is 53.7 Å². The third-order valence-corrected chi connectivity index (χ3v) is 8.27. The number of fused-ring (bicyclic) bond motifs is 1. The van der Waals surface area contributed by atoms with Gasteiger partial charge in [-0.2, -0.15) is 5.26 Å². The Kier molecular flexibility index (Phi) is 6.80. The maximum Gasteiger partial charge on any atom is 0.206 e. The minimum atomic E-state index is 0.209. The number of benzene rings is 1. The SMILES string of the molecule is C=C1c2scc(CN3CCC(C=O)CC3)c2N=C(N2CCCCC2)N1Cc1ccccc1C#N. The average Bonchev–Trinajstić information content (AvgIpc) is 3.29. The normalized spacial score (nSPS) is 19.5. The lowest BCUT2D eigenvalue weighted by atomic mass is 9.98. The molecule has 5 rings (SSSR count). The van der Waals surface area contributed by atoms with E-state index in [2.05, 4.69) is 32.7 Å². The van der Waals surface area contributed by atoms with E-state index in [0.717, 1.165) is 79.6 Å². The molecule has 0 saturated carbocycles. The second-order valence-corrected chi connectivity index (χ2v) is 10.3. The maximum absolute atomic E-state index is 11.1. The van der Waals surface area contributed by atoms with Crippen LogP contribution in [-0.4, -0.2) is 53.1 Å². The number of aliphatic imine (C=N–C) groups is 1. The van der Waals surface area contributed by atoms with Crippen LogP contribution in [0.3, 0.4) is 0 Å². The lowest BCUT2D eigenvalue weighted by molar-refractivity contribution is -0.112. The third-order valence-electron chi connectivity index (χ3n) is 7.20. The van der Waals surface area contributed by atoms with Crippen molar-refractivity contribution in [3.05, 3.63) is 57.8 Å². The highest BCUT2D eigenvalue weighted by Gasteiger charge is 2.32. The van der Waals surface area contributed by atoms with Crippen molar-refractivity contribution in [3.63, 3.8) is 0 Å². The number of piperidine rings is 2. The lowest BCUT2D eigenvalue weighted by Gasteiger charge is -2.39. The number of carbonyl (C=O) groups excluding carboxylic acids is 1. The van der Waals surface area contributed by atoms with Crippen molar-refractivity contribution in [2.75, 3.05) is 26.2 Å². The van der Waals surface area contributed by atoms with Crippen LogP contribution in [0.4, 0.5) is 5.69 Å². The number of nitrogens with zero attached hydrogens (tertiary/aromatic N) is 5. The predicted octanol–water partition coefficient (Wildman–Crippen LogP) is 4.99. The van der Waals surface area contributed by atoms with Gasteiger partial charge in [0.15, 0.2) is 0 Å². The van der Waals surface area contributed by atoms with E-state index in [9.17, 15) is 10.1 Å². The van der Waals surface area contributed by atoms with E-state index in [0.29, 0.717) is 12.1 Å². The van der Waals surface area contributed by atoms with Crippen molar-refractivity contribution in [2.24, 2.45) is 10.9 Å². The average molecular weight is 474 g/mol. The van der Waals surface area contributed by atoms with Gasteiger partial charge < -0.3 is 14.6 Å². The Labute approximate surface area is 205 Å². The molecule has 0 unspecified atom stereocenters. The summed E-state index contributed by atoms with van der Waals surface area (Å²) < 4.78 is 0. The molecule has 0 bridgehead atoms. The van der Waals surface area contributed by atoms with E-state index in [1.807, 2.05) is 24.3 Å². The summed E-state index contributed by atoms with van der Waals surface area (Å²) in [5.74, 6) is 1.17. The first-order chi connectivity index (χ1) is 16.7. The van der Waals surface area contributed by atoms with Gasteiger partial charge in [-0.15, -0.1) is 11.3 Å². The standard InChI is InChI=1S/C27H31N5OS/c1-20-26-25(24(19-34-26)16-30-13-9-21(18-33)10-14-30)29-27(31-11-5-2-6-12-31)32(20)17-23-8-4-3-7-22(23)15-28/h3-4,7-8,18-19,21H,1-2,5-6,9-14,16-17H2. The fourth-order valence-electron chi connectivity index (χ4n) is 5.16. The number of rotatable bonds is 5. The lowest BCUT2D eigenvalue weighted by Crippen LogP contribution is -2.46. The van der Waals surface area contributed by atoms with Crippen LogP contribution in [-0.2, 0) is 17.9 Å². The Morgan fingerprint density at radius 1 is 1.09 bits per heavy atom. The van der Waals surface area contributed by atoms with E-state index in [1.165, 1.54) is 24.8 Å². The Morgan fingerprint density at radius 3 is 2.59 bits per heavy atom. The Balaban J connectivity index is 1.45. The van der Waals surface area contributed by atoms with Crippen molar-refractivity contribution in [1.29, 1.82) is 5.26 Å². The highest BCUT2D eigenvalue weighted by Crippen LogP contribution is 2.43. The molecule has 34 heavy (non-hydrogen) atoms. The van der Waals surface area contributed by atoms with Crippen LogP contribution >= 0.6 is 11.3 Å². The van der Waals surface area contributed by atoms with E-state index in [4.69, 9.17) is 4.99 Å². The Hall–Kier alpha value is -2.95. The third kappa shape index (κ3) is 4.53. The molecule has 0 radical (unpaired) electrons. The van der Waals surface area contributed by atoms with Gasteiger partial charge in [-0.05, 0) is 62.2 Å². The summed E-state index contributed by atoms with van der Waals surface area (Å²) in [5.41, 5.74) is 4.96. The summed E-state index contributed by atoms with van der Waals surface area (Å²) in [5, 5.41) is 11.9. The maximum atomic E-state index is 11.1. The molecule has 2 saturated heterocycles. The minimum absolute atomic E-state index is 0.209. The number of carbonyl (C=O) groups is 1. The number of guanidine groups is 1. The van der Waals surface area contributed by atoms with Crippen molar-refractivity contribution in [2.45, 2.75) is 45.2 Å². The zero-order valence-electron chi connectivity index (χ0n) is 19.6. The molecule has 1 aromatic heterocycles. The molecule has 1 aromatic carbocycles. The number of nitriles is 1. The molecule has 7 heteroatoms. The first-order valence-corrected chi connectivity index (χ1v) is 13.1. The predicted molar refractivity (Wildman–Crippen MR) is 137 cm³/mol. The second kappa shape index (κ2) is 10.1. The molecular formula is C27H31N5OS. The van der Waals surface area contributed by atoms with Gasteiger partial charge in [-0.3, -0.25) is 4.90 Å². The monoisotopic (exact) mass is 473 g/mol. The molecule has 0 N–H and O–H groups in total. The summed E-state index contributed by atoms with van der Waals surface area (Å²) in [6, 6.07) is 10.1. The van der Waals surface area contributed by atoms with Crippen molar-refractivity contribution in [3.8, 4) is 6.07 Å². The fourth-order valence-corrected chi connectivity index (χ4v) is 6.14. The number of hydrogen-bond acceptors (Lipinski definition) is 7. The Morgan fingerprint density at radius 2 is 1.85 bits per heavy atom. The summed E-state index contributed by atoms with van der Waals surface area (Å²) in [7, 11) is 0. The van der Waals surface area contributed by atoms with Gasteiger partial charge in [0.05, 0.1) is 34.4 Å². The number of hydrogen-bond donors (Lipinski definition) is 0. The van der Waals surface area contributed by atoms with Gasteiger partial charge in [-0.1, -0.05) is 24.8 Å². The Bertz CT molecular complexity index is 1130. The molecule has 0 amide bonds. The topological polar surface area (TPSA) is 62.9 Å². The van der Waals surface area contributed by atoms with Crippen LogP contribution < -0.4 is 0 Å². The van der Waals surface area contributed by atoms with Gasteiger partial charge in [0.2, 0.25) is 5.96 Å². The number of likely N-dealkylation sites (tertiary alicyclic amines) is 2.